The van der Waals surface area contributed by atoms with E-state index in [-0.39, 0.29) is 24.4 Å². The Hall–Kier alpha value is -1.30. The van der Waals surface area contributed by atoms with Crippen LogP contribution in [0.15, 0.2) is 24.3 Å². The van der Waals surface area contributed by atoms with Gasteiger partial charge in [-0.2, -0.15) is 0 Å². The van der Waals surface area contributed by atoms with Gasteiger partial charge >= 0.3 is 0 Å². The Morgan fingerprint density at radius 3 is 2.36 bits per heavy atom. The van der Waals surface area contributed by atoms with E-state index in [0.29, 0.717) is 45.1 Å². The van der Waals surface area contributed by atoms with E-state index >= 15 is 0 Å². The van der Waals surface area contributed by atoms with Gasteiger partial charge in [0.05, 0.1) is 18.1 Å². The Morgan fingerprint density at radius 1 is 1.24 bits per heavy atom. The number of hydrogen-bond donors (Lipinski definition) is 2. The molecule has 1 atom stereocenters. The number of nitrogens with two attached hydrogens (primary N) is 1. The summed E-state index contributed by atoms with van der Waals surface area (Å²) in [5, 5.41) is 3.11. The smallest absolute Gasteiger partial charge is 0.228 e. The lowest BCUT2D eigenvalue weighted by Gasteiger charge is -2.35. The molecule has 1 fully saturated rings. The highest BCUT2D eigenvalue weighted by molar-refractivity contribution is 5.85. The van der Waals surface area contributed by atoms with Crippen molar-refractivity contribution in [2.24, 2.45) is 17.1 Å². The molecule has 0 bridgehead atoms. The van der Waals surface area contributed by atoms with Gasteiger partial charge in [-0.15, -0.1) is 12.4 Å². The first-order chi connectivity index (χ1) is 11.5. The molecule has 1 aliphatic rings. The van der Waals surface area contributed by atoms with E-state index in [2.05, 4.69) is 19.2 Å². The van der Waals surface area contributed by atoms with Crippen LogP contribution in [0.5, 0.6) is 5.75 Å². The van der Waals surface area contributed by atoms with Gasteiger partial charge in [-0.1, -0.05) is 26.0 Å². The van der Waals surface area contributed by atoms with E-state index in [4.69, 9.17) is 15.2 Å². The van der Waals surface area contributed by atoms with Gasteiger partial charge in [0.2, 0.25) is 5.91 Å². The third-order valence-corrected chi connectivity index (χ3v) is 4.63. The molecule has 1 amide bonds. The normalized spacial score (nSPS) is 17.5. The highest BCUT2D eigenvalue weighted by atomic mass is 35.5. The van der Waals surface area contributed by atoms with Crippen LogP contribution >= 0.6 is 12.4 Å². The first-order valence-corrected chi connectivity index (χ1v) is 8.78. The van der Waals surface area contributed by atoms with Gasteiger partial charge in [-0.3, -0.25) is 4.79 Å². The second kappa shape index (κ2) is 10.00. The zero-order valence-electron chi connectivity index (χ0n) is 15.4. The van der Waals surface area contributed by atoms with Crippen LogP contribution in [0.1, 0.15) is 45.2 Å². The number of hydrogen-bond acceptors (Lipinski definition) is 4. The lowest BCUT2D eigenvalue weighted by Crippen LogP contribution is -2.49. The van der Waals surface area contributed by atoms with Crippen LogP contribution in [-0.2, 0) is 9.53 Å². The standard InChI is InChI=1S/C19H30N2O3.ClH/c1-14(2)12-24-17-6-4-16(5-7-17)15(3)21-18(22)19(13-20)8-10-23-11-9-19;/h4-7,14-15H,8-13,20H2,1-3H3,(H,21,22);1H. The van der Waals surface area contributed by atoms with E-state index in [1.807, 2.05) is 31.2 Å². The summed E-state index contributed by atoms with van der Waals surface area (Å²) in [6.07, 6.45) is 1.37. The molecule has 1 aliphatic heterocycles. The van der Waals surface area contributed by atoms with Crippen LogP contribution in [0, 0.1) is 11.3 Å². The molecule has 0 saturated carbocycles. The van der Waals surface area contributed by atoms with E-state index in [1.165, 1.54) is 0 Å². The van der Waals surface area contributed by atoms with Gasteiger partial charge in [0.1, 0.15) is 5.75 Å². The number of benzene rings is 1. The zero-order chi connectivity index (χ0) is 17.6. The fourth-order valence-corrected chi connectivity index (χ4v) is 2.83. The Balaban J connectivity index is 0.00000312. The summed E-state index contributed by atoms with van der Waals surface area (Å²) in [4.78, 5) is 12.7. The van der Waals surface area contributed by atoms with Crippen molar-refractivity contribution in [1.29, 1.82) is 0 Å². The van der Waals surface area contributed by atoms with Gasteiger partial charge in [0.25, 0.3) is 0 Å². The molecule has 142 valence electrons. The maximum absolute atomic E-state index is 12.7. The predicted octanol–water partition coefficient (Wildman–Crippen LogP) is 3.08. The third kappa shape index (κ3) is 5.87. The van der Waals surface area contributed by atoms with Crippen molar-refractivity contribution >= 4 is 18.3 Å². The molecule has 0 aliphatic carbocycles. The van der Waals surface area contributed by atoms with Crippen LogP contribution < -0.4 is 15.8 Å². The molecule has 3 N–H and O–H groups in total. The van der Waals surface area contributed by atoms with Gasteiger partial charge in [0, 0.05) is 19.8 Å². The SMILES string of the molecule is CC(C)COc1ccc(C(C)NC(=O)C2(CN)CCOCC2)cc1.Cl. The van der Waals surface area contributed by atoms with Crippen LogP contribution in [0.25, 0.3) is 0 Å². The fourth-order valence-electron chi connectivity index (χ4n) is 2.83. The van der Waals surface area contributed by atoms with Crippen LogP contribution in [0.4, 0.5) is 0 Å². The van der Waals surface area contributed by atoms with E-state index in [1.54, 1.807) is 0 Å². The number of carbonyl (C=O) groups is 1. The van der Waals surface area contributed by atoms with Gasteiger partial charge < -0.3 is 20.5 Å². The Kier molecular flexibility index (Phi) is 8.69. The molecule has 5 nitrogen and oxygen atoms in total. The first-order valence-electron chi connectivity index (χ1n) is 8.78. The maximum Gasteiger partial charge on any atom is 0.228 e. The summed E-state index contributed by atoms with van der Waals surface area (Å²) in [6, 6.07) is 7.84. The number of carbonyl (C=O) groups excluding carboxylic acids is 1. The van der Waals surface area contributed by atoms with Crippen molar-refractivity contribution in [3.8, 4) is 5.75 Å². The van der Waals surface area contributed by atoms with Crippen LogP contribution in [-0.4, -0.2) is 32.3 Å². The molecular formula is C19H31ClN2O3. The number of halogens is 1. The second-order valence-electron chi connectivity index (χ2n) is 7.07. The molecule has 0 radical (unpaired) electrons. The minimum absolute atomic E-state index is 0. The molecule has 6 heteroatoms. The van der Waals surface area contributed by atoms with Gasteiger partial charge in [-0.05, 0) is 43.4 Å². The molecular weight excluding hydrogens is 340 g/mol. The molecule has 1 heterocycles. The summed E-state index contributed by atoms with van der Waals surface area (Å²) in [5.41, 5.74) is 6.46. The van der Waals surface area contributed by atoms with Crippen molar-refractivity contribution in [2.75, 3.05) is 26.4 Å². The monoisotopic (exact) mass is 370 g/mol. The summed E-state index contributed by atoms with van der Waals surface area (Å²) < 4.78 is 11.1. The van der Waals surface area contributed by atoms with E-state index < -0.39 is 5.41 Å². The first kappa shape index (κ1) is 21.7. The van der Waals surface area contributed by atoms with Crippen molar-refractivity contribution < 1.29 is 14.3 Å². The lowest BCUT2D eigenvalue weighted by atomic mass is 9.79. The minimum Gasteiger partial charge on any atom is -0.493 e. The van der Waals surface area contributed by atoms with Crippen molar-refractivity contribution in [2.45, 2.75) is 39.7 Å². The Bertz CT molecular complexity index is 528. The topological polar surface area (TPSA) is 73.6 Å². The van der Waals surface area contributed by atoms with Crippen LogP contribution in [0.2, 0.25) is 0 Å². The van der Waals surface area contributed by atoms with Gasteiger partial charge in [0.15, 0.2) is 0 Å². The quantitative estimate of drug-likeness (QED) is 0.773. The number of rotatable bonds is 7. The van der Waals surface area contributed by atoms with Crippen molar-refractivity contribution in [3.63, 3.8) is 0 Å². The van der Waals surface area contributed by atoms with E-state index in [0.717, 1.165) is 11.3 Å². The number of nitrogens with one attached hydrogen (secondary N) is 1. The molecule has 1 aromatic carbocycles. The summed E-state index contributed by atoms with van der Waals surface area (Å²) in [7, 11) is 0. The Morgan fingerprint density at radius 2 is 1.84 bits per heavy atom. The molecule has 25 heavy (non-hydrogen) atoms. The highest BCUT2D eigenvalue weighted by Gasteiger charge is 2.39. The molecule has 1 unspecified atom stereocenters. The third-order valence-electron chi connectivity index (χ3n) is 4.63. The molecule has 0 spiro atoms. The predicted molar refractivity (Wildman–Crippen MR) is 102 cm³/mol. The Labute approximate surface area is 157 Å². The summed E-state index contributed by atoms with van der Waals surface area (Å²) in [6.45, 7) is 8.49. The summed E-state index contributed by atoms with van der Waals surface area (Å²) in [5.74, 6) is 1.38. The zero-order valence-corrected chi connectivity index (χ0v) is 16.2. The second-order valence-corrected chi connectivity index (χ2v) is 7.07. The average Bonchev–Trinajstić information content (AvgIpc) is 2.60. The average molecular weight is 371 g/mol. The maximum atomic E-state index is 12.7. The fraction of sp³-hybridized carbons (Fsp3) is 0.632. The molecule has 1 aromatic rings. The minimum atomic E-state index is -0.493. The van der Waals surface area contributed by atoms with Crippen LogP contribution in [0.3, 0.4) is 0 Å². The van der Waals surface area contributed by atoms with Gasteiger partial charge in [-0.25, -0.2) is 0 Å². The largest absolute Gasteiger partial charge is 0.493 e. The number of ether oxygens (including phenoxy) is 2. The molecule has 0 aromatic heterocycles. The summed E-state index contributed by atoms with van der Waals surface area (Å²) >= 11 is 0. The highest BCUT2D eigenvalue weighted by Crippen LogP contribution is 2.30. The lowest BCUT2D eigenvalue weighted by molar-refractivity contribution is -0.136. The molecule has 1 saturated heterocycles. The van der Waals surface area contributed by atoms with Crippen molar-refractivity contribution in [1.82, 2.24) is 5.32 Å². The van der Waals surface area contributed by atoms with Crippen molar-refractivity contribution in [3.05, 3.63) is 29.8 Å². The molecule has 2 rings (SSSR count). The van der Waals surface area contributed by atoms with E-state index in [9.17, 15) is 4.79 Å². The number of amides is 1.